The van der Waals surface area contributed by atoms with Gasteiger partial charge in [-0.05, 0) is 36.5 Å². The van der Waals surface area contributed by atoms with Crippen LogP contribution in [-0.2, 0) is 11.2 Å². The average molecular weight is 242 g/mol. The lowest BCUT2D eigenvalue weighted by atomic mass is 10.1. The number of nitriles is 1. The standard InChI is InChI=1S/C15H18N2O/c1-11-3-2-4-14(11)17-15(18)9-12-5-7-13(10-16)8-6-12/h5-8,11,14H,2-4,9H2,1H3,(H,17,18). The van der Waals surface area contributed by atoms with Crippen molar-refractivity contribution in [3.63, 3.8) is 0 Å². The zero-order valence-electron chi connectivity index (χ0n) is 10.6. The molecule has 1 amide bonds. The van der Waals surface area contributed by atoms with Gasteiger partial charge in [-0.2, -0.15) is 5.26 Å². The Bertz CT molecular complexity index is 458. The molecule has 1 aliphatic carbocycles. The van der Waals surface area contributed by atoms with Crippen molar-refractivity contribution in [2.24, 2.45) is 5.92 Å². The fourth-order valence-electron chi connectivity index (χ4n) is 2.50. The second-order valence-corrected chi connectivity index (χ2v) is 5.07. The van der Waals surface area contributed by atoms with E-state index in [-0.39, 0.29) is 5.91 Å². The van der Waals surface area contributed by atoms with Gasteiger partial charge in [-0.25, -0.2) is 0 Å². The lowest BCUT2D eigenvalue weighted by Crippen LogP contribution is -2.37. The van der Waals surface area contributed by atoms with E-state index in [1.54, 1.807) is 12.1 Å². The molecule has 0 aliphatic heterocycles. The summed E-state index contributed by atoms with van der Waals surface area (Å²) in [7, 11) is 0. The van der Waals surface area contributed by atoms with E-state index in [0.717, 1.165) is 12.0 Å². The van der Waals surface area contributed by atoms with Crippen molar-refractivity contribution in [2.45, 2.75) is 38.6 Å². The first-order valence-electron chi connectivity index (χ1n) is 6.47. The van der Waals surface area contributed by atoms with Gasteiger partial charge in [-0.1, -0.05) is 25.5 Å². The molecule has 1 N–H and O–H groups in total. The quantitative estimate of drug-likeness (QED) is 0.885. The van der Waals surface area contributed by atoms with E-state index in [4.69, 9.17) is 5.26 Å². The van der Waals surface area contributed by atoms with Crippen LogP contribution < -0.4 is 5.32 Å². The SMILES string of the molecule is CC1CCCC1NC(=O)Cc1ccc(C#N)cc1. The number of hydrogen-bond donors (Lipinski definition) is 1. The second-order valence-electron chi connectivity index (χ2n) is 5.07. The molecule has 3 heteroatoms. The normalized spacial score (nSPS) is 22.4. The Balaban J connectivity index is 1.88. The molecule has 18 heavy (non-hydrogen) atoms. The summed E-state index contributed by atoms with van der Waals surface area (Å²) in [6.45, 7) is 2.19. The Morgan fingerprint density at radius 3 is 2.67 bits per heavy atom. The first kappa shape index (κ1) is 12.6. The molecule has 3 nitrogen and oxygen atoms in total. The van der Waals surface area contributed by atoms with Crippen LogP contribution in [0, 0.1) is 17.2 Å². The monoisotopic (exact) mass is 242 g/mol. The fraction of sp³-hybridized carbons (Fsp3) is 0.467. The number of carbonyl (C=O) groups excluding carboxylic acids is 1. The van der Waals surface area contributed by atoms with Gasteiger partial charge in [0.1, 0.15) is 0 Å². The van der Waals surface area contributed by atoms with Crippen LogP contribution in [0.5, 0.6) is 0 Å². The topological polar surface area (TPSA) is 52.9 Å². The van der Waals surface area contributed by atoms with Crippen LogP contribution in [0.25, 0.3) is 0 Å². The number of amides is 1. The van der Waals surface area contributed by atoms with Gasteiger partial charge in [0.05, 0.1) is 18.1 Å². The fourth-order valence-corrected chi connectivity index (χ4v) is 2.50. The van der Waals surface area contributed by atoms with Gasteiger partial charge in [-0.15, -0.1) is 0 Å². The summed E-state index contributed by atoms with van der Waals surface area (Å²) in [6.07, 6.45) is 3.92. The number of rotatable bonds is 3. The lowest BCUT2D eigenvalue weighted by Gasteiger charge is -2.17. The first-order valence-corrected chi connectivity index (χ1v) is 6.47. The minimum atomic E-state index is 0.0819. The molecule has 0 saturated heterocycles. The number of hydrogen-bond acceptors (Lipinski definition) is 2. The maximum Gasteiger partial charge on any atom is 0.224 e. The number of nitrogens with zero attached hydrogens (tertiary/aromatic N) is 1. The number of benzene rings is 1. The molecule has 2 rings (SSSR count). The smallest absolute Gasteiger partial charge is 0.224 e. The number of nitrogens with one attached hydrogen (secondary N) is 1. The predicted molar refractivity (Wildman–Crippen MR) is 69.8 cm³/mol. The van der Waals surface area contributed by atoms with E-state index < -0.39 is 0 Å². The van der Waals surface area contributed by atoms with Crippen molar-refractivity contribution in [3.05, 3.63) is 35.4 Å². The third-order valence-electron chi connectivity index (χ3n) is 3.66. The minimum Gasteiger partial charge on any atom is -0.353 e. The Labute approximate surface area is 108 Å². The summed E-state index contributed by atoms with van der Waals surface area (Å²) in [4.78, 5) is 11.9. The highest BCUT2D eigenvalue weighted by Gasteiger charge is 2.24. The Hall–Kier alpha value is -1.82. The van der Waals surface area contributed by atoms with E-state index in [1.165, 1.54) is 12.8 Å². The van der Waals surface area contributed by atoms with Gasteiger partial charge in [0, 0.05) is 6.04 Å². The van der Waals surface area contributed by atoms with E-state index >= 15 is 0 Å². The van der Waals surface area contributed by atoms with Gasteiger partial charge in [-0.3, -0.25) is 4.79 Å². The minimum absolute atomic E-state index is 0.0819. The van der Waals surface area contributed by atoms with Gasteiger partial charge >= 0.3 is 0 Å². The van der Waals surface area contributed by atoms with Gasteiger partial charge in [0.15, 0.2) is 0 Å². The van der Waals surface area contributed by atoms with Crippen molar-refractivity contribution in [3.8, 4) is 6.07 Å². The largest absolute Gasteiger partial charge is 0.353 e. The van der Waals surface area contributed by atoms with Crippen LogP contribution in [0.15, 0.2) is 24.3 Å². The van der Waals surface area contributed by atoms with Gasteiger partial charge in [0.2, 0.25) is 5.91 Å². The zero-order chi connectivity index (χ0) is 13.0. The maximum absolute atomic E-state index is 11.9. The Kier molecular flexibility index (Phi) is 3.99. The molecule has 2 unspecified atom stereocenters. The second kappa shape index (κ2) is 5.68. The third-order valence-corrected chi connectivity index (χ3v) is 3.66. The molecule has 0 heterocycles. The predicted octanol–water partition coefficient (Wildman–Crippen LogP) is 2.41. The molecule has 2 atom stereocenters. The highest BCUT2D eigenvalue weighted by atomic mass is 16.1. The van der Waals surface area contributed by atoms with Crippen molar-refractivity contribution < 1.29 is 4.79 Å². The van der Waals surface area contributed by atoms with Crippen molar-refractivity contribution >= 4 is 5.91 Å². The summed E-state index contributed by atoms with van der Waals surface area (Å²) in [5.74, 6) is 0.674. The number of carbonyl (C=O) groups is 1. The summed E-state index contributed by atoms with van der Waals surface area (Å²) in [5.41, 5.74) is 1.58. The Morgan fingerprint density at radius 2 is 2.11 bits per heavy atom. The third kappa shape index (κ3) is 3.10. The van der Waals surface area contributed by atoms with Gasteiger partial charge < -0.3 is 5.32 Å². The summed E-state index contributed by atoms with van der Waals surface area (Å²) < 4.78 is 0. The molecule has 94 valence electrons. The van der Waals surface area contributed by atoms with Crippen molar-refractivity contribution in [1.29, 1.82) is 5.26 Å². The summed E-state index contributed by atoms with van der Waals surface area (Å²) in [5, 5.41) is 11.8. The van der Waals surface area contributed by atoms with Crippen LogP contribution in [0.4, 0.5) is 0 Å². The molecule has 1 aromatic rings. The summed E-state index contributed by atoms with van der Waals surface area (Å²) in [6, 6.07) is 9.60. The molecule has 1 fully saturated rings. The van der Waals surface area contributed by atoms with Crippen LogP contribution in [-0.4, -0.2) is 11.9 Å². The van der Waals surface area contributed by atoms with E-state index in [9.17, 15) is 4.79 Å². The van der Waals surface area contributed by atoms with E-state index in [2.05, 4.69) is 18.3 Å². The zero-order valence-corrected chi connectivity index (χ0v) is 10.6. The molecule has 0 radical (unpaired) electrons. The van der Waals surface area contributed by atoms with Crippen molar-refractivity contribution in [1.82, 2.24) is 5.32 Å². The molecular formula is C15H18N2O. The first-order chi connectivity index (χ1) is 8.69. The molecular weight excluding hydrogens is 224 g/mol. The lowest BCUT2D eigenvalue weighted by molar-refractivity contribution is -0.121. The maximum atomic E-state index is 11.9. The van der Waals surface area contributed by atoms with E-state index in [1.807, 2.05) is 12.1 Å². The van der Waals surface area contributed by atoms with Crippen LogP contribution >= 0.6 is 0 Å². The van der Waals surface area contributed by atoms with Crippen LogP contribution in [0.2, 0.25) is 0 Å². The van der Waals surface area contributed by atoms with Gasteiger partial charge in [0.25, 0.3) is 0 Å². The highest BCUT2D eigenvalue weighted by Crippen LogP contribution is 2.24. The van der Waals surface area contributed by atoms with Crippen LogP contribution in [0.3, 0.4) is 0 Å². The molecule has 1 aliphatic rings. The summed E-state index contributed by atoms with van der Waals surface area (Å²) >= 11 is 0. The van der Waals surface area contributed by atoms with E-state index in [0.29, 0.717) is 23.9 Å². The van der Waals surface area contributed by atoms with Crippen LogP contribution in [0.1, 0.15) is 37.3 Å². The average Bonchev–Trinajstić information content (AvgIpc) is 2.76. The highest BCUT2D eigenvalue weighted by molar-refractivity contribution is 5.78. The molecule has 0 bridgehead atoms. The molecule has 0 spiro atoms. The van der Waals surface area contributed by atoms with Crippen molar-refractivity contribution in [2.75, 3.05) is 0 Å². The molecule has 0 aromatic heterocycles. The molecule has 1 saturated carbocycles. The Morgan fingerprint density at radius 1 is 1.39 bits per heavy atom. The molecule has 1 aromatic carbocycles.